The molecule has 2 nitrogen and oxygen atoms in total. The molecule has 0 spiro atoms. The van der Waals surface area contributed by atoms with Crippen LogP contribution in [0, 0.1) is 0 Å². The smallest absolute Gasteiger partial charge is 0.406 e. The third kappa shape index (κ3) is 4.32. The third-order valence-electron chi connectivity index (χ3n) is 1.87. The predicted molar refractivity (Wildman–Crippen MR) is 58.4 cm³/mol. The summed E-state index contributed by atoms with van der Waals surface area (Å²) < 4.78 is 39.7. The molecule has 1 unspecified atom stereocenters. The first-order chi connectivity index (χ1) is 7.42. The van der Waals surface area contributed by atoms with Gasteiger partial charge in [0.05, 0.1) is 0 Å². The van der Waals surface area contributed by atoms with Crippen LogP contribution in [-0.4, -0.2) is 18.4 Å². The van der Waals surface area contributed by atoms with E-state index in [9.17, 15) is 13.2 Å². The lowest BCUT2D eigenvalue weighted by Gasteiger charge is -2.13. The van der Waals surface area contributed by atoms with Gasteiger partial charge in [-0.25, -0.2) is 0 Å². The van der Waals surface area contributed by atoms with Gasteiger partial charge in [0.1, 0.15) is 5.75 Å². The van der Waals surface area contributed by atoms with Crippen LogP contribution in [0.15, 0.2) is 24.3 Å². The second-order valence-electron chi connectivity index (χ2n) is 3.18. The molecule has 0 radical (unpaired) electrons. The molecule has 0 heterocycles. The van der Waals surface area contributed by atoms with E-state index < -0.39 is 6.36 Å². The second-order valence-corrected chi connectivity index (χ2v) is 4.09. The maximum Gasteiger partial charge on any atom is 0.573 e. The van der Waals surface area contributed by atoms with Gasteiger partial charge < -0.3 is 10.5 Å². The fourth-order valence-electron chi connectivity index (χ4n) is 1.22. The first-order valence-electron chi connectivity index (χ1n) is 4.52. The van der Waals surface area contributed by atoms with Gasteiger partial charge in [-0.15, -0.1) is 13.2 Å². The topological polar surface area (TPSA) is 35.2 Å². The van der Waals surface area contributed by atoms with Crippen molar-refractivity contribution in [2.24, 2.45) is 5.73 Å². The maximum atomic E-state index is 12.0. The maximum absolute atomic E-state index is 12.0. The molecule has 90 valence electrons. The molecule has 0 bridgehead atoms. The summed E-state index contributed by atoms with van der Waals surface area (Å²) in [4.78, 5) is 0. The molecule has 6 heteroatoms. The zero-order valence-corrected chi connectivity index (χ0v) is 9.44. The van der Waals surface area contributed by atoms with E-state index in [1.165, 1.54) is 30.0 Å². The van der Waals surface area contributed by atoms with Crippen molar-refractivity contribution in [1.82, 2.24) is 0 Å². The molecule has 0 aliphatic heterocycles. The zero-order chi connectivity index (χ0) is 12.2. The number of alkyl halides is 3. The van der Waals surface area contributed by atoms with Crippen LogP contribution in [0.5, 0.6) is 5.75 Å². The average molecular weight is 251 g/mol. The van der Waals surface area contributed by atoms with Crippen molar-refractivity contribution in [1.29, 1.82) is 0 Å². The van der Waals surface area contributed by atoms with Crippen molar-refractivity contribution >= 4 is 11.8 Å². The number of thioether (sulfide) groups is 1. The minimum absolute atomic E-state index is 0.235. The van der Waals surface area contributed by atoms with Gasteiger partial charge in [-0.1, -0.05) is 12.1 Å². The molecule has 16 heavy (non-hydrogen) atoms. The molecule has 1 rings (SSSR count). The summed E-state index contributed by atoms with van der Waals surface area (Å²) >= 11 is 1.54. The van der Waals surface area contributed by atoms with Gasteiger partial charge in [0.2, 0.25) is 0 Å². The van der Waals surface area contributed by atoms with Gasteiger partial charge in [0.15, 0.2) is 0 Å². The Kier molecular flexibility index (Phi) is 4.49. The second kappa shape index (κ2) is 5.45. The van der Waals surface area contributed by atoms with Crippen LogP contribution in [-0.2, 0) is 0 Å². The predicted octanol–water partition coefficient (Wildman–Crippen LogP) is 2.95. The van der Waals surface area contributed by atoms with Crippen molar-refractivity contribution in [3.05, 3.63) is 29.8 Å². The number of halogens is 3. The molecule has 1 aromatic carbocycles. The van der Waals surface area contributed by atoms with Crippen LogP contribution in [0.2, 0.25) is 0 Å². The van der Waals surface area contributed by atoms with E-state index in [-0.39, 0.29) is 11.8 Å². The molecule has 0 saturated carbocycles. The summed E-state index contributed by atoms with van der Waals surface area (Å²) in [5.41, 5.74) is 6.42. The highest BCUT2D eigenvalue weighted by Crippen LogP contribution is 2.25. The van der Waals surface area contributed by atoms with Crippen LogP contribution >= 0.6 is 11.8 Å². The van der Waals surface area contributed by atoms with Crippen LogP contribution < -0.4 is 10.5 Å². The standard InChI is InChI=1S/C10H12F3NOS/c1-16-6-9(14)7-3-2-4-8(5-7)15-10(11,12)13/h2-5,9H,6,14H2,1H3. The van der Waals surface area contributed by atoms with Crippen molar-refractivity contribution in [3.63, 3.8) is 0 Å². The number of benzene rings is 1. The lowest BCUT2D eigenvalue weighted by Crippen LogP contribution is -2.18. The summed E-state index contributed by atoms with van der Waals surface area (Å²) in [6.45, 7) is 0. The highest BCUT2D eigenvalue weighted by molar-refractivity contribution is 7.98. The minimum Gasteiger partial charge on any atom is -0.406 e. The van der Waals surface area contributed by atoms with E-state index in [1.54, 1.807) is 6.07 Å². The summed E-state index contributed by atoms with van der Waals surface area (Å²) in [5, 5.41) is 0. The van der Waals surface area contributed by atoms with E-state index in [4.69, 9.17) is 5.73 Å². The summed E-state index contributed by atoms with van der Waals surface area (Å²) in [5.74, 6) is 0.414. The Bertz CT molecular complexity index is 343. The number of nitrogens with two attached hydrogens (primary N) is 1. The van der Waals surface area contributed by atoms with Crippen LogP contribution in [0.4, 0.5) is 13.2 Å². The van der Waals surface area contributed by atoms with E-state index >= 15 is 0 Å². The quantitative estimate of drug-likeness (QED) is 0.893. The zero-order valence-electron chi connectivity index (χ0n) is 8.62. The molecule has 2 N–H and O–H groups in total. The fourth-order valence-corrected chi connectivity index (χ4v) is 1.77. The summed E-state index contributed by atoms with van der Waals surface area (Å²) in [6.07, 6.45) is -2.78. The number of hydrogen-bond donors (Lipinski definition) is 1. The van der Waals surface area contributed by atoms with Gasteiger partial charge in [0.25, 0.3) is 0 Å². The van der Waals surface area contributed by atoms with Gasteiger partial charge in [0, 0.05) is 11.8 Å². The number of ether oxygens (including phenoxy) is 1. The van der Waals surface area contributed by atoms with Crippen molar-refractivity contribution in [2.75, 3.05) is 12.0 Å². The first-order valence-corrected chi connectivity index (χ1v) is 5.92. The van der Waals surface area contributed by atoms with Crippen LogP contribution in [0.25, 0.3) is 0 Å². The Morgan fingerprint density at radius 3 is 2.69 bits per heavy atom. The molecule has 0 aliphatic carbocycles. The Hall–Kier alpha value is -0.880. The lowest BCUT2D eigenvalue weighted by atomic mass is 10.1. The largest absolute Gasteiger partial charge is 0.573 e. The van der Waals surface area contributed by atoms with Gasteiger partial charge >= 0.3 is 6.36 Å². The molecule has 0 saturated heterocycles. The van der Waals surface area contributed by atoms with E-state index in [1.807, 2.05) is 6.26 Å². The Morgan fingerprint density at radius 2 is 2.12 bits per heavy atom. The third-order valence-corrected chi connectivity index (χ3v) is 2.56. The highest BCUT2D eigenvalue weighted by atomic mass is 32.2. The van der Waals surface area contributed by atoms with E-state index in [0.717, 1.165) is 0 Å². The lowest BCUT2D eigenvalue weighted by molar-refractivity contribution is -0.274. The van der Waals surface area contributed by atoms with Gasteiger partial charge in [-0.05, 0) is 24.0 Å². The van der Waals surface area contributed by atoms with Crippen molar-refractivity contribution in [3.8, 4) is 5.75 Å². The van der Waals surface area contributed by atoms with Crippen molar-refractivity contribution < 1.29 is 17.9 Å². The van der Waals surface area contributed by atoms with Crippen LogP contribution in [0.3, 0.4) is 0 Å². The molecule has 1 atom stereocenters. The number of hydrogen-bond acceptors (Lipinski definition) is 3. The van der Waals surface area contributed by atoms with E-state index in [2.05, 4.69) is 4.74 Å². The normalized spacial score (nSPS) is 13.6. The molecule has 0 aromatic heterocycles. The van der Waals surface area contributed by atoms with Crippen molar-refractivity contribution in [2.45, 2.75) is 12.4 Å². The minimum atomic E-state index is -4.66. The Balaban J connectivity index is 2.78. The SMILES string of the molecule is CSCC(N)c1cccc(OC(F)(F)F)c1. The van der Waals surface area contributed by atoms with Crippen LogP contribution in [0.1, 0.15) is 11.6 Å². The average Bonchev–Trinajstić information content (AvgIpc) is 2.16. The van der Waals surface area contributed by atoms with Gasteiger partial charge in [-0.2, -0.15) is 11.8 Å². The molecule has 0 fully saturated rings. The molecular weight excluding hydrogens is 239 g/mol. The monoisotopic (exact) mass is 251 g/mol. The first kappa shape index (κ1) is 13.2. The fraction of sp³-hybridized carbons (Fsp3) is 0.400. The van der Waals surface area contributed by atoms with Gasteiger partial charge in [-0.3, -0.25) is 0 Å². The molecule has 0 aliphatic rings. The van der Waals surface area contributed by atoms with E-state index in [0.29, 0.717) is 11.3 Å². The number of rotatable bonds is 4. The molecule has 1 aromatic rings. The summed E-state index contributed by atoms with van der Waals surface area (Å²) in [7, 11) is 0. The summed E-state index contributed by atoms with van der Waals surface area (Å²) in [6, 6.07) is 5.46. The Morgan fingerprint density at radius 1 is 1.44 bits per heavy atom. The Labute approximate surface area is 96.0 Å². The molecular formula is C10H12F3NOS. The molecule has 0 amide bonds. The highest BCUT2D eigenvalue weighted by Gasteiger charge is 2.31.